The fourth-order valence-electron chi connectivity index (χ4n) is 9.58. The number of ether oxygens (including phenoxy) is 5. The maximum atomic E-state index is 11.9. The van der Waals surface area contributed by atoms with Crippen molar-refractivity contribution >= 4 is 67.5 Å². The molecule has 0 radical (unpaired) electrons. The topological polar surface area (TPSA) is 485 Å². The van der Waals surface area contributed by atoms with Crippen molar-refractivity contribution in [2.75, 3.05) is 7.11 Å². The molecule has 0 saturated heterocycles. The van der Waals surface area contributed by atoms with Gasteiger partial charge in [0.1, 0.15) is 24.4 Å². The molecule has 2 amide bonds. The van der Waals surface area contributed by atoms with Crippen LogP contribution in [0.3, 0.4) is 0 Å². The smallest absolute Gasteiger partial charge is 0.870 e. The van der Waals surface area contributed by atoms with Crippen LogP contribution in [0.2, 0.25) is 0 Å². The maximum Gasteiger partial charge on any atom is 1.00 e. The Hall–Kier alpha value is -3.17. The number of aliphatic hydroxyl groups excluding tert-OH is 9. The third-order valence-corrected chi connectivity index (χ3v) is 13.4. The molecule has 0 bridgehead atoms. The van der Waals surface area contributed by atoms with Gasteiger partial charge in [0.2, 0.25) is 12.8 Å². The standard InChI is InChI=1S/C26H45NO9.2C17H37NO4.C4H6O2.C3H5NO.CH4O.2ClH.Na.2H2O/c1-16(2)25(36-20(6)32)13-23(34-18(4)30)12-22(33-17(3)29)10-21(27-15-28)11-24(35-19(5)31)14-26(7,8)9;2*1-11(2)16(22)9-14(20)8-13(19)6-12(18)7-15(21)10-17(3,4)5;1-3-6-4(2)5;1-2-4-3-5;1-2;;;;;/h15-16,21-25H,10-14H2,1-9H3,(H,27,28);2*11-16,19-22H,6-10,18H2,1-5H3;3H,1H2,2H3;2-3H,1H2,(H,4,5);2H,1H3;2*1H;;2*1H2/q;;;;;;;;+1;;/p-1. The van der Waals surface area contributed by atoms with Crippen LogP contribution >= 0.6 is 24.8 Å². The van der Waals surface area contributed by atoms with E-state index in [4.69, 9.17) is 35.5 Å². The second-order valence-corrected chi connectivity index (χ2v) is 28.5. The molecule has 0 rings (SSSR count). The summed E-state index contributed by atoms with van der Waals surface area (Å²) in [6.45, 7) is 42.6. The molecule has 18 N–H and O–H groups in total. The van der Waals surface area contributed by atoms with Crippen LogP contribution in [-0.2, 0) is 57.2 Å². The maximum absolute atomic E-state index is 11.9. The van der Waals surface area contributed by atoms with E-state index in [1.54, 1.807) is 0 Å². The van der Waals surface area contributed by atoms with Crippen LogP contribution in [0, 0.1) is 34.0 Å². The minimum atomic E-state index is -0.737. The summed E-state index contributed by atoms with van der Waals surface area (Å²) in [5.74, 6) is -2.12. The van der Waals surface area contributed by atoms with Crippen molar-refractivity contribution in [2.24, 2.45) is 45.5 Å². The number of carbonyl (C=O) groups excluding carboxylic acids is 7. The van der Waals surface area contributed by atoms with Crippen molar-refractivity contribution in [3.05, 3.63) is 25.6 Å². The molecule has 30 heteroatoms. The van der Waals surface area contributed by atoms with E-state index < -0.39 is 103 Å². The molecule has 0 aliphatic heterocycles. The molecule has 0 aliphatic carbocycles. The summed E-state index contributed by atoms with van der Waals surface area (Å²) in [6.07, 6.45) is 1.42. The number of nitrogens with two attached hydrogens (primary N) is 2. The molecule has 0 fully saturated rings. The van der Waals surface area contributed by atoms with Gasteiger partial charge in [0.15, 0.2) is 0 Å². The SMILES string of the molecule is C=CNC=O.C=COC(C)=O.CC(=O)OC(CC(CC(CC(C)(C)C)OC(C)=O)NC=O)CC(CC(OC(C)=O)C(C)C)OC(C)=O.CC(C)C(O)CC(O)CC(O)CC(N)CC(O)CC(C)(C)C.CC(C)C(O)CC(O)CC(O)CC(N)CC(O)CC(C)(C)C.CO.Cl.Cl.O.[Na+].[OH-]. The van der Waals surface area contributed by atoms with Gasteiger partial charge in [-0.2, -0.15) is 0 Å². The fourth-order valence-corrected chi connectivity index (χ4v) is 9.58. The van der Waals surface area contributed by atoms with Crippen LogP contribution in [0.5, 0.6) is 0 Å². The van der Waals surface area contributed by atoms with E-state index in [1.165, 1.54) is 40.8 Å². The number of esters is 5. The number of aliphatic hydroxyl groups is 9. The van der Waals surface area contributed by atoms with Crippen LogP contribution < -0.4 is 51.7 Å². The Morgan fingerprint density at radius 3 is 0.990 bits per heavy atom. The molecule has 15 atom stereocenters. The molecule has 584 valence electrons. The quantitative estimate of drug-likeness (QED) is 0.0138. The number of rotatable bonds is 39. The van der Waals surface area contributed by atoms with Crippen LogP contribution in [0.1, 0.15) is 235 Å². The first-order valence-corrected chi connectivity index (χ1v) is 32.4. The average Bonchev–Trinajstić information content (AvgIpc) is 0.893. The average molecular weight is 1470 g/mol. The van der Waals surface area contributed by atoms with Crippen molar-refractivity contribution in [3.8, 4) is 0 Å². The normalized spacial score (nSPS) is 15.4. The van der Waals surface area contributed by atoms with Gasteiger partial charge in [-0.15, -0.1) is 24.8 Å². The van der Waals surface area contributed by atoms with Crippen molar-refractivity contribution in [2.45, 2.75) is 326 Å². The van der Waals surface area contributed by atoms with Crippen molar-refractivity contribution in [1.29, 1.82) is 0 Å². The van der Waals surface area contributed by atoms with Gasteiger partial charge in [-0.05, 0) is 111 Å². The molecule has 27 nitrogen and oxygen atoms in total. The van der Waals surface area contributed by atoms with Gasteiger partial charge in [0.05, 0.1) is 55.1 Å². The first-order valence-electron chi connectivity index (χ1n) is 32.4. The molecular weight excluding hydrogens is 1330 g/mol. The number of amides is 2. The van der Waals surface area contributed by atoms with Crippen LogP contribution in [0.25, 0.3) is 0 Å². The summed E-state index contributed by atoms with van der Waals surface area (Å²) in [4.78, 5) is 77.2. The number of nitrogens with one attached hydrogen (secondary N) is 2. The minimum absolute atomic E-state index is 0. The Morgan fingerprint density at radius 2 is 0.745 bits per heavy atom. The van der Waals surface area contributed by atoms with E-state index in [0.717, 1.165) is 13.4 Å². The number of carbonyl (C=O) groups is 7. The van der Waals surface area contributed by atoms with E-state index in [2.05, 4.69) is 70.1 Å². The largest absolute Gasteiger partial charge is 1.00 e. The van der Waals surface area contributed by atoms with Crippen molar-refractivity contribution in [1.82, 2.24) is 10.6 Å². The van der Waals surface area contributed by atoms with Gasteiger partial charge in [-0.3, -0.25) is 33.6 Å². The van der Waals surface area contributed by atoms with Gasteiger partial charge in [-0.25, -0.2) is 0 Å². The summed E-state index contributed by atoms with van der Waals surface area (Å²) >= 11 is 0. The predicted molar refractivity (Wildman–Crippen MR) is 381 cm³/mol. The van der Waals surface area contributed by atoms with E-state index in [9.17, 15) is 74.4 Å². The van der Waals surface area contributed by atoms with Gasteiger partial charge in [-0.1, -0.05) is 117 Å². The van der Waals surface area contributed by atoms with Crippen molar-refractivity contribution < 1.29 is 144 Å². The van der Waals surface area contributed by atoms with Crippen LogP contribution in [-0.4, -0.2) is 198 Å². The summed E-state index contributed by atoms with van der Waals surface area (Å²) in [5, 5.41) is 91.1. The van der Waals surface area contributed by atoms with Gasteiger partial charge >= 0.3 is 59.4 Å². The number of halogens is 2. The van der Waals surface area contributed by atoms with Gasteiger partial charge < -0.3 is 103 Å². The number of hydrogen-bond donors (Lipinski definition) is 13. The first-order chi connectivity index (χ1) is 42.5. The Kier molecular flexibility index (Phi) is 81.3. The molecule has 15 unspecified atom stereocenters. The Labute approximate surface area is 622 Å². The molecular formula is C68H139Cl2N4NaO23. The Bertz CT molecular complexity index is 1920. The molecule has 0 spiro atoms. The molecule has 0 aromatic heterocycles. The predicted octanol–water partition coefficient (Wildman–Crippen LogP) is 3.32. The summed E-state index contributed by atoms with van der Waals surface area (Å²) in [7, 11) is 1.00. The summed E-state index contributed by atoms with van der Waals surface area (Å²) in [5.41, 5.74) is 11.9. The van der Waals surface area contributed by atoms with Crippen LogP contribution in [0.4, 0.5) is 0 Å². The second-order valence-electron chi connectivity index (χ2n) is 28.5. The zero-order valence-corrected chi connectivity index (χ0v) is 67.2. The molecule has 0 heterocycles. The van der Waals surface area contributed by atoms with Gasteiger partial charge in [0, 0.05) is 85.5 Å². The Balaban J connectivity index is -0.000000118. The second kappa shape index (κ2) is 67.0. The first kappa shape index (κ1) is 119. The van der Waals surface area contributed by atoms with E-state index in [-0.39, 0.29) is 162 Å². The van der Waals surface area contributed by atoms with E-state index in [0.29, 0.717) is 64.2 Å². The monoisotopic (exact) mass is 1470 g/mol. The van der Waals surface area contributed by atoms with E-state index >= 15 is 0 Å². The van der Waals surface area contributed by atoms with Crippen LogP contribution in [0.15, 0.2) is 25.6 Å². The molecule has 0 saturated carbocycles. The molecule has 0 aliphatic rings. The summed E-state index contributed by atoms with van der Waals surface area (Å²) in [6, 6.07) is -1.07. The third-order valence-electron chi connectivity index (χ3n) is 13.4. The van der Waals surface area contributed by atoms with Crippen molar-refractivity contribution in [3.63, 3.8) is 0 Å². The molecule has 0 aromatic rings. The molecule has 0 aromatic carbocycles. The zero-order valence-electron chi connectivity index (χ0n) is 63.6. The minimum Gasteiger partial charge on any atom is -0.870 e. The van der Waals surface area contributed by atoms with E-state index in [1.807, 2.05) is 62.3 Å². The third kappa shape index (κ3) is 85.2. The Morgan fingerprint density at radius 1 is 0.439 bits per heavy atom. The fraction of sp³-hybridized carbons (Fsp3) is 0.838. The molecule has 98 heavy (non-hydrogen) atoms. The number of hydrogen-bond acceptors (Lipinski definition) is 24. The summed E-state index contributed by atoms with van der Waals surface area (Å²) < 4.78 is 26.1. The zero-order chi connectivity index (χ0) is 74.2. The van der Waals surface area contributed by atoms with Gasteiger partial charge in [0.25, 0.3) is 0 Å².